The molecule has 1 N–H and O–H groups in total. The van der Waals surface area contributed by atoms with Gasteiger partial charge in [-0.3, -0.25) is 15.1 Å². The number of hydrogen-bond acceptors (Lipinski definition) is 4. The van der Waals surface area contributed by atoms with Crippen LogP contribution in [0.4, 0.5) is 0 Å². The second-order valence-electron chi connectivity index (χ2n) is 5.96. The highest BCUT2D eigenvalue weighted by molar-refractivity contribution is 5.87. The van der Waals surface area contributed by atoms with E-state index < -0.39 is 0 Å². The van der Waals surface area contributed by atoms with Crippen LogP contribution in [0.5, 0.6) is 0 Å². The summed E-state index contributed by atoms with van der Waals surface area (Å²) in [4.78, 5) is 15.9. The molecule has 0 unspecified atom stereocenters. The maximum atomic E-state index is 11.3. The van der Waals surface area contributed by atoms with Crippen molar-refractivity contribution in [3.05, 3.63) is 60.6 Å². The van der Waals surface area contributed by atoms with Crippen molar-refractivity contribution in [1.29, 1.82) is 5.41 Å². The average molecular weight is 322 g/mol. The van der Waals surface area contributed by atoms with Crippen molar-refractivity contribution in [2.45, 2.75) is 0 Å². The summed E-state index contributed by atoms with van der Waals surface area (Å²) in [5.41, 5.74) is 1.27. The largest absolute Gasteiger partial charge is 0.356 e. The number of carbonyl (C=O) groups excluding carboxylic acids is 1. The summed E-state index contributed by atoms with van der Waals surface area (Å²) >= 11 is 0. The first-order chi connectivity index (χ1) is 11.7. The molecule has 0 atom stereocenters. The minimum atomic E-state index is 0.264. The van der Waals surface area contributed by atoms with Crippen LogP contribution in [0.2, 0.25) is 0 Å². The molecule has 0 radical (unpaired) electrons. The number of pyridine rings is 1. The van der Waals surface area contributed by atoms with E-state index in [9.17, 15) is 4.79 Å². The topological polar surface area (TPSA) is 52.3 Å². The molecule has 124 valence electrons. The summed E-state index contributed by atoms with van der Waals surface area (Å²) < 4.78 is 1.93. The van der Waals surface area contributed by atoms with Gasteiger partial charge in [0, 0.05) is 44.3 Å². The molecule has 1 saturated heterocycles. The summed E-state index contributed by atoms with van der Waals surface area (Å²) in [6, 6.07) is 7.65. The Morgan fingerprint density at radius 1 is 1.21 bits per heavy atom. The lowest BCUT2D eigenvalue weighted by molar-refractivity contribution is 0.112. The predicted octanol–water partition coefficient (Wildman–Crippen LogP) is 2.17. The Bertz CT molecular complexity index is 844. The van der Waals surface area contributed by atoms with Gasteiger partial charge in [-0.15, -0.1) is 6.58 Å². The van der Waals surface area contributed by atoms with Crippen LogP contribution in [0.15, 0.2) is 49.7 Å². The summed E-state index contributed by atoms with van der Waals surface area (Å²) in [5.74, 6) is 0.840. The van der Waals surface area contributed by atoms with Gasteiger partial charge >= 0.3 is 0 Å². The van der Waals surface area contributed by atoms with Crippen LogP contribution in [0, 0.1) is 5.41 Å². The first-order valence-corrected chi connectivity index (χ1v) is 8.07. The van der Waals surface area contributed by atoms with E-state index in [1.165, 1.54) is 0 Å². The van der Waals surface area contributed by atoms with Gasteiger partial charge in [0.15, 0.2) is 6.29 Å². The third kappa shape index (κ3) is 2.90. The number of fused-ring (bicyclic) bond motifs is 1. The van der Waals surface area contributed by atoms with Crippen molar-refractivity contribution in [2.75, 3.05) is 32.7 Å². The third-order valence-electron chi connectivity index (χ3n) is 4.52. The van der Waals surface area contributed by atoms with Crippen molar-refractivity contribution in [3.8, 4) is 0 Å². The highest BCUT2D eigenvalue weighted by Crippen LogP contribution is 2.19. The number of carbonyl (C=O) groups is 1. The van der Waals surface area contributed by atoms with Crippen LogP contribution >= 0.6 is 0 Å². The number of aromatic nitrogens is 1. The minimum Gasteiger partial charge on any atom is -0.356 e. The zero-order valence-corrected chi connectivity index (χ0v) is 13.7. The Morgan fingerprint density at radius 3 is 2.58 bits per heavy atom. The number of aldehydes is 1. The first-order valence-electron chi connectivity index (χ1n) is 8.07. The van der Waals surface area contributed by atoms with E-state index in [2.05, 4.69) is 23.0 Å². The number of piperazine rings is 1. The van der Waals surface area contributed by atoms with Gasteiger partial charge in [0.2, 0.25) is 0 Å². The lowest BCUT2D eigenvalue weighted by Gasteiger charge is -2.37. The van der Waals surface area contributed by atoms with E-state index in [0.717, 1.165) is 55.7 Å². The van der Waals surface area contributed by atoms with Crippen LogP contribution < -0.4 is 5.36 Å². The molecule has 5 nitrogen and oxygen atoms in total. The maximum Gasteiger partial charge on any atom is 0.153 e. The van der Waals surface area contributed by atoms with Crippen LogP contribution in [-0.2, 0) is 0 Å². The van der Waals surface area contributed by atoms with Crippen molar-refractivity contribution in [1.82, 2.24) is 14.4 Å². The number of para-hydroxylation sites is 1. The standard InChI is InChI=1S/C19H22N4O/c1-3-8-21-9-11-22(12-10-21)15(2)23-13-16(14-24)19(20)17-6-4-5-7-18(17)23/h3-7,13-14,20H,1-2,8-12H2. The first kappa shape index (κ1) is 16.2. The zero-order valence-electron chi connectivity index (χ0n) is 13.7. The lowest BCUT2D eigenvalue weighted by Crippen LogP contribution is -2.46. The monoisotopic (exact) mass is 322 g/mol. The molecule has 3 rings (SSSR count). The Hall–Kier alpha value is -2.66. The van der Waals surface area contributed by atoms with Crippen molar-refractivity contribution >= 4 is 23.0 Å². The molecule has 0 saturated carbocycles. The number of rotatable bonds is 5. The lowest BCUT2D eigenvalue weighted by atomic mass is 10.1. The highest BCUT2D eigenvalue weighted by atomic mass is 16.1. The van der Waals surface area contributed by atoms with E-state index in [1.807, 2.05) is 34.9 Å². The summed E-state index contributed by atoms with van der Waals surface area (Å²) in [7, 11) is 0. The van der Waals surface area contributed by atoms with E-state index in [-0.39, 0.29) is 5.36 Å². The Morgan fingerprint density at radius 2 is 1.92 bits per heavy atom. The molecular weight excluding hydrogens is 300 g/mol. The molecule has 1 aromatic carbocycles. The number of nitrogens with one attached hydrogen (secondary N) is 1. The van der Waals surface area contributed by atoms with Gasteiger partial charge in [0.1, 0.15) is 5.82 Å². The number of nitrogens with zero attached hydrogens (tertiary/aromatic N) is 3. The quantitative estimate of drug-likeness (QED) is 0.678. The summed E-state index contributed by atoms with van der Waals surface area (Å²) in [6.45, 7) is 12.6. The molecule has 1 aliphatic rings. The van der Waals surface area contributed by atoms with Gasteiger partial charge in [-0.2, -0.15) is 0 Å². The average Bonchev–Trinajstić information content (AvgIpc) is 2.63. The summed E-state index contributed by atoms with van der Waals surface area (Å²) in [6.07, 6.45) is 4.38. The number of benzene rings is 1. The van der Waals surface area contributed by atoms with E-state index >= 15 is 0 Å². The molecule has 24 heavy (non-hydrogen) atoms. The molecule has 0 spiro atoms. The Kier molecular flexibility index (Phi) is 4.62. The Balaban J connectivity index is 1.96. The van der Waals surface area contributed by atoms with Crippen LogP contribution in [-0.4, -0.2) is 53.4 Å². The third-order valence-corrected chi connectivity index (χ3v) is 4.52. The molecule has 1 aliphatic heterocycles. The minimum absolute atomic E-state index is 0.264. The molecule has 0 aliphatic carbocycles. The van der Waals surface area contributed by atoms with Crippen molar-refractivity contribution in [2.24, 2.45) is 0 Å². The van der Waals surface area contributed by atoms with Gasteiger partial charge < -0.3 is 9.47 Å². The smallest absolute Gasteiger partial charge is 0.153 e. The molecule has 0 bridgehead atoms. The molecule has 5 heteroatoms. The SMILES string of the molecule is C=CCN1CCN(C(=C)n2cc(C=O)c(=N)c3ccccc32)CC1. The van der Waals surface area contributed by atoms with Crippen molar-refractivity contribution in [3.63, 3.8) is 0 Å². The van der Waals surface area contributed by atoms with Crippen LogP contribution in [0.1, 0.15) is 10.4 Å². The fourth-order valence-electron chi connectivity index (χ4n) is 3.15. The van der Waals surface area contributed by atoms with Crippen LogP contribution in [0.3, 0.4) is 0 Å². The molecular formula is C19H22N4O. The second kappa shape index (κ2) is 6.84. The van der Waals surface area contributed by atoms with E-state index in [4.69, 9.17) is 5.41 Å². The molecule has 2 aromatic rings. The normalized spacial score (nSPS) is 15.4. The van der Waals surface area contributed by atoms with Gasteiger partial charge in [-0.05, 0) is 6.07 Å². The van der Waals surface area contributed by atoms with Crippen molar-refractivity contribution < 1.29 is 4.79 Å². The van der Waals surface area contributed by atoms with Gasteiger partial charge in [-0.25, -0.2) is 0 Å². The molecule has 0 amide bonds. The predicted molar refractivity (Wildman–Crippen MR) is 96.7 cm³/mol. The highest BCUT2D eigenvalue weighted by Gasteiger charge is 2.19. The molecule has 1 aromatic heterocycles. The van der Waals surface area contributed by atoms with E-state index in [0.29, 0.717) is 5.56 Å². The summed E-state index contributed by atoms with van der Waals surface area (Å²) in [5, 5.41) is 9.21. The van der Waals surface area contributed by atoms with Crippen LogP contribution in [0.25, 0.3) is 16.7 Å². The molecule has 1 fully saturated rings. The fraction of sp³-hybridized carbons (Fsp3) is 0.263. The van der Waals surface area contributed by atoms with E-state index in [1.54, 1.807) is 6.20 Å². The van der Waals surface area contributed by atoms with Gasteiger partial charge in [0.05, 0.1) is 16.4 Å². The van der Waals surface area contributed by atoms with Gasteiger partial charge in [-0.1, -0.05) is 30.9 Å². The zero-order chi connectivity index (χ0) is 17.1. The fourth-order valence-corrected chi connectivity index (χ4v) is 3.15. The second-order valence-corrected chi connectivity index (χ2v) is 5.96. The number of hydrogen-bond donors (Lipinski definition) is 1. The molecule has 2 heterocycles. The Labute approximate surface area is 141 Å². The van der Waals surface area contributed by atoms with Gasteiger partial charge in [0.25, 0.3) is 0 Å². The maximum absolute atomic E-state index is 11.3.